The van der Waals surface area contributed by atoms with Gasteiger partial charge in [0.15, 0.2) is 5.65 Å². The van der Waals surface area contributed by atoms with Gasteiger partial charge in [0.2, 0.25) is 5.95 Å². The highest BCUT2D eigenvalue weighted by Crippen LogP contribution is 2.36. The molecule has 6 heteroatoms. The molecule has 0 amide bonds. The van der Waals surface area contributed by atoms with Gasteiger partial charge in [0.05, 0.1) is 23.0 Å². The van der Waals surface area contributed by atoms with Gasteiger partial charge < -0.3 is 5.73 Å². The molecule has 1 unspecified atom stereocenters. The van der Waals surface area contributed by atoms with Crippen molar-refractivity contribution < 1.29 is 0 Å². The molecule has 3 N–H and O–H groups in total. The predicted molar refractivity (Wildman–Crippen MR) is 75.1 cm³/mol. The Morgan fingerprint density at radius 1 is 1.25 bits per heavy atom. The zero-order chi connectivity index (χ0) is 13.5. The molecule has 0 saturated heterocycles. The van der Waals surface area contributed by atoms with Gasteiger partial charge in [-0.15, -0.1) is 0 Å². The van der Waals surface area contributed by atoms with Crippen LogP contribution < -0.4 is 5.73 Å². The smallest absolute Gasteiger partial charge is 0.222 e. The molecule has 1 aliphatic rings. The van der Waals surface area contributed by atoms with Crippen molar-refractivity contribution in [3.8, 4) is 0 Å². The van der Waals surface area contributed by atoms with Crippen molar-refractivity contribution in [1.82, 2.24) is 25.1 Å². The van der Waals surface area contributed by atoms with Crippen LogP contribution in [0.15, 0.2) is 24.5 Å². The fourth-order valence-corrected chi connectivity index (χ4v) is 3.02. The fourth-order valence-electron chi connectivity index (χ4n) is 3.02. The maximum atomic E-state index is 5.82. The first kappa shape index (κ1) is 11.3. The molecule has 1 aliphatic carbocycles. The molecule has 0 aromatic carbocycles. The van der Waals surface area contributed by atoms with Gasteiger partial charge in [0.25, 0.3) is 0 Å². The van der Waals surface area contributed by atoms with E-state index in [9.17, 15) is 0 Å². The Bertz CT molecular complexity index is 778. The number of pyridine rings is 1. The number of H-pyrrole nitrogens is 1. The van der Waals surface area contributed by atoms with Crippen LogP contribution in [0.2, 0.25) is 0 Å². The quantitative estimate of drug-likeness (QED) is 0.700. The fraction of sp³-hybridized carbons (Fsp3) is 0.286. The van der Waals surface area contributed by atoms with Gasteiger partial charge in [-0.1, -0.05) is 6.07 Å². The first-order chi connectivity index (χ1) is 9.83. The molecule has 100 valence electrons. The minimum Gasteiger partial charge on any atom is -0.368 e. The van der Waals surface area contributed by atoms with Crippen molar-refractivity contribution in [1.29, 1.82) is 0 Å². The highest BCUT2D eigenvalue weighted by Gasteiger charge is 2.26. The summed E-state index contributed by atoms with van der Waals surface area (Å²) in [4.78, 5) is 13.2. The van der Waals surface area contributed by atoms with Gasteiger partial charge in [0.1, 0.15) is 0 Å². The number of aromatic amines is 1. The predicted octanol–water partition coefficient (Wildman–Crippen LogP) is 1.80. The summed E-state index contributed by atoms with van der Waals surface area (Å²) in [6.45, 7) is 0. The van der Waals surface area contributed by atoms with E-state index in [0.29, 0.717) is 5.65 Å². The number of rotatable bonds is 1. The lowest BCUT2D eigenvalue weighted by Crippen LogP contribution is -2.15. The number of aryl methyl sites for hydroxylation is 1. The Morgan fingerprint density at radius 2 is 2.20 bits per heavy atom. The number of hydrogen-bond donors (Lipinski definition) is 2. The monoisotopic (exact) mass is 266 g/mol. The number of nitrogens with two attached hydrogens (primary N) is 1. The second kappa shape index (κ2) is 4.26. The Labute approximate surface area is 115 Å². The zero-order valence-corrected chi connectivity index (χ0v) is 10.9. The summed E-state index contributed by atoms with van der Waals surface area (Å²) in [5.41, 5.74) is 9.86. The third-order valence-corrected chi connectivity index (χ3v) is 3.88. The number of fused-ring (bicyclic) bond motifs is 2. The second-order valence-corrected chi connectivity index (χ2v) is 5.09. The van der Waals surface area contributed by atoms with Crippen LogP contribution in [0.1, 0.15) is 35.7 Å². The SMILES string of the molecule is Nc1nc(C2CCCc3cccnc32)c2cn[nH]c2n1. The normalized spacial score (nSPS) is 18.1. The number of hydrogen-bond acceptors (Lipinski definition) is 5. The maximum Gasteiger partial charge on any atom is 0.222 e. The van der Waals surface area contributed by atoms with Crippen LogP contribution in [0.25, 0.3) is 11.0 Å². The van der Waals surface area contributed by atoms with E-state index in [0.717, 1.165) is 36.0 Å². The highest BCUT2D eigenvalue weighted by atomic mass is 15.2. The lowest BCUT2D eigenvalue weighted by atomic mass is 9.84. The Balaban J connectivity index is 1.94. The third-order valence-electron chi connectivity index (χ3n) is 3.88. The van der Waals surface area contributed by atoms with Crippen LogP contribution in [0.3, 0.4) is 0 Å². The molecule has 0 aliphatic heterocycles. The summed E-state index contributed by atoms with van der Waals surface area (Å²) in [5, 5.41) is 7.85. The molecule has 20 heavy (non-hydrogen) atoms. The van der Waals surface area contributed by atoms with E-state index in [1.807, 2.05) is 12.3 Å². The van der Waals surface area contributed by atoms with Gasteiger partial charge in [-0.05, 0) is 30.9 Å². The van der Waals surface area contributed by atoms with Crippen molar-refractivity contribution in [3.63, 3.8) is 0 Å². The van der Waals surface area contributed by atoms with Crippen LogP contribution >= 0.6 is 0 Å². The summed E-state index contributed by atoms with van der Waals surface area (Å²) in [6, 6.07) is 4.13. The van der Waals surface area contributed by atoms with E-state index >= 15 is 0 Å². The molecule has 0 radical (unpaired) electrons. The second-order valence-electron chi connectivity index (χ2n) is 5.09. The molecule has 0 spiro atoms. The largest absolute Gasteiger partial charge is 0.368 e. The molecular formula is C14H14N6. The van der Waals surface area contributed by atoms with Gasteiger partial charge in [-0.25, -0.2) is 4.98 Å². The summed E-state index contributed by atoms with van der Waals surface area (Å²) in [5.74, 6) is 0.449. The van der Waals surface area contributed by atoms with Crippen LogP contribution in [-0.2, 0) is 6.42 Å². The average Bonchev–Trinajstić information content (AvgIpc) is 2.94. The van der Waals surface area contributed by atoms with Crippen LogP contribution in [-0.4, -0.2) is 25.1 Å². The van der Waals surface area contributed by atoms with E-state index < -0.39 is 0 Å². The molecular weight excluding hydrogens is 252 g/mol. The third kappa shape index (κ3) is 1.65. The van der Waals surface area contributed by atoms with Crippen LogP contribution in [0.4, 0.5) is 5.95 Å². The summed E-state index contributed by atoms with van der Waals surface area (Å²) in [7, 11) is 0. The van der Waals surface area contributed by atoms with Crippen molar-refractivity contribution in [2.45, 2.75) is 25.2 Å². The first-order valence-electron chi connectivity index (χ1n) is 6.73. The number of nitrogens with zero attached hydrogens (tertiary/aromatic N) is 4. The van der Waals surface area contributed by atoms with E-state index in [1.165, 1.54) is 5.56 Å². The molecule has 1 atom stereocenters. The van der Waals surface area contributed by atoms with Gasteiger partial charge in [0, 0.05) is 12.1 Å². The van der Waals surface area contributed by atoms with Crippen LogP contribution in [0.5, 0.6) is 0 Å². The average molecular weight is 266 g/mol. The van der Waals surface area contributed by atoms with Crippen molar-refractivity contribution >= 4 is 17.0 Å². The maximum absolute atomic E-state index is 5.82. The van der Waals surface area contributed by atoms with E-state index in [4.69, 9.17) is 5.73 Å². The topological polar surface area (TPSA) is 93.4 Å². The number of aromatic nitrogens is 5. The molecule has 0 fully saturated rings. The van der Waals surface area contributed by atoms with Crippen LogP contribution in [0, 0.1) is 0 Å². The molecule has 6 nitrogen and oxygen atoms in total. The Hall–Kier alpha value is -2.50. The number of nitrogen functional groups attached to an aromatic ring is 1. The summed E-state index contributed by atoms with van der Waals surface area (Å²) in [6.07, 6.45) is 6.84. The number of nitrogens with one attached hydrogen (secondary N) is 1. The number of anilines is 1. The minimum absolute atomic E-state index is 0.172. The lowest BCUT2D eigenvalue weighted by molar-refractivity contribution is 0.591. The van der Waals surface area contributed by atoms with Crippen molar-refractivity contribution in [2.75, 3.05) is 5.73 Å². The molecule has 3 aromatic heterocycles. The van der Waals surface area contributed by atoms with Crippen molar-refractivity contribution in [2.24, 2.45) is 0 Å². The molecule has 3 aromatic rings. The highest BCUT2D eigenvalue weighted by molar-refractivity contribution is 5.78. The minimum atomic E-state index is 0.172. The van der Waals surface area contributed by atoms with Gasteiger partial charge >= 0.3 is 0 Å². The first-order valence-corrected chi connectivity index (χ1v) is 6.73. The lowest BCUT2D eigenvalue weighted by Gasteiger charge is -2.24. The van der Waals surface area contributed by atoms with E-state index in [1.54, 1.807) is 6.20 Å². The molecule has 0 bridgehead atoms. The Kier molecular flexibility index (Phi) is 2.42. The summed E-state index contributed by atoms with van der Waals surface area (Å²) < 4.78 is 0. The Morgan fingerprint density at radius 3 is 3.15 bits per heavy atom. The zero-order valence-electron chi connectivity index (χ0n) is 10.9. The van der Waals surface area contributed by atoms with Gasteiger partial charge in [-0.2, -0.15) is 10.1 Å². The van der Waals surface area contributed by atoms with E-state index in [-0.39, 0.29) is 11.9 Å². The van der Waals surface area contributed by atoms with E-state index in [2.05, 4.69) is 31.2 Å². The van der Waals surface area contributed by atoms with Crippen molar-refractivity contribution in [3.05, 3.63) is 41.5 Å². The molecule has 0 saturated carbocycles. The molecule has 3 heterocycles. The van der Waals surface area contributed by atoms with Gasteiger partial charge in [-0.3, -0.25) is 10.1 Å². The molecule has 4 rings (SSSR count). The standard InChI is InChI=1S/C14H14N6/c15-14-18-12(10-7-17-20-13(10)19-14)9-5-1-3-8-4-2-6-16-11(8)9/h2,4,6-7,9H,1,3,5H2,(H3,15,17,18,19,20). The summed E-state index contributed by atoms with van der Waals surface area (Å²) >= 11 is 0.